The number of nitrogens with zero attached hydrogens (tertiary/aromatic N) is 1. The SMILES string of the molecule is CCC.CN[C@H]1CCC[C@H](N2CCC(F)(F)CC2)C1. The molecule has 19 heavy (non-hydrogen) atoms. The van der Waals surface area contributed by atoms with Gasteiger partial charge >= 0.3 is 0 Å². The van der Waals surface area contributed by atoms with E-state index in [4.69, 9.17) is 0 Å². The van der Waals surface area contributed by atoms with Crippen molar-refractivity contribution >= 4 is 0 Å². The van der Waals surface area contributed by atoms with Crippen molar-refractivity contribution in [3.63, 3.8) is 0 Å². The number of likely N-dealkylation sites (tertiary alicyclic amines) is 1. The van der Waals surface area contributed by atoms with Crippen LogP contribution in [0.25, 0.3) is 0 Å². The summed E-state index contributed by atoms with van der Waals surface area (Å²) in [5.41, 5.74) is 0. The summed E-state index contributed by atoms with van der Waals surface area (Å²) >= 11 is 0. The minimum absolute atomic E-state index is 0.0493. The van der Waals surface area contributed by atoms with Gasteiger partial charge in [-0.15, -0.1) is 0 Å². The molecular weight excluding hydrogens is 246 g/mol. The fraction of sp³-hybridized carbons (Fsp3) is 1.00. The average Bonchev–Trinajstić information content (AvgIpc) is 2.40. The van der Waals surface area contributed by atoms with Crippen molar-refractivity contribution in [1.29, 1.82) is 0 Å². The molecule has 0 aromatic carbocycles. The first-order valence-electron chi connectivity index (χ1n) is 7.81. The van der Waals surface area contributed by atoms with Gasteiger partial charge < -0.3 is 5.32 Å². The normalized spacial score (nSPS) is 31.4. The van der Waals surface area contributed by atoms with Crippen LogP contribution in [0.2, 0.25) is 0 Å². The van der Waals surface area contributed by atoms with E-state index >= 15 is 0 Å². The van der Waals surface area contributed by atoms with Crippen molar-refractivity contribution in [2.75, 3.05) is 20.1 Å². The quantitative estimate of drug-likeness (QED) is 0.828. The van der Waals surface area contributed by atoms with E-state index in [1.54, 1.807) is 0 Å². The van der Waals surface area contributed by atoms with Gasteiger partial charge in [0.15, 0.2) is 0 Å². The molecule has 0 amide bonds. The number of alkyl halides is 2. The summed E-state index contributed by atoms with van der Waals surface area (Å²) in [5, 5.41) is 3.31. The molecule has 0 spiro atoms. The summed E-state index contributed by atoms with van der Waals surface area (Å²) in [6.07, 6.45) is 6.12. The number of hydrogen-bond acceptors (Lipinski definition) is 2. The molecule has 2 aliphatic rings. The van der Waals surface area contributed by atoms with Crippen molar-refractivity contribution < 1.29 is 8.78 Å². The summed E-state index contributed by atoms with van der Waals surface area (Å²) in [4.78, 5) is 2.28. The minimum atomic E-state index is -2.41. The van der Waals surface area contributed by atoms with E-state index in [1.807, 2.05) is 7.05 Å². The van der Waals surface area contributed by atoms with Crippen LogP contribution < -0.4 is 5.32 Å². The van der Waals surface area contributed by atoms with Gasteiger partial charge in [-0.05, 0) is 26.3 Å². The molecule has 0 radical (unpaired) electrons. The van der Waals surface area contributed by atoms with Gasteiger partial charge in [0, 0.05) is 38.0 Å². The van der Waals surface area contributed by atoms with Crippen LogP contribution in [0.15, 0.2) is 0 Å². The topological polar surface area (TPSA) is 15.3 Å². The van der Waals surface area contributed by atoms with Gasteiger partial charge in [0.25, 0.3) is 5.92 Å². The Bertz CT molecular complexity index is 236. The van der Waals surface area contributed by atoms with Gasteiger partial charge in [-0.2, -0.15) is 0 Å². The minimum Gasteiger partial charge on any atom is -0.317 e. The molecule has 1 aliphatic heterocycles. The second-order valence-electron chi connectivity index (χ2n) is 5.91. The fourth-order valence-electron chi connectivity index (χ4n) is 2.97. The zero-order valence-corrected chi connectivity index (χ0v) is 12.7. The van der Waals surface area contributed by atoms with E-state index in [0.717, 1.165) is 6.42 Å². The predicted octanol–water partition coefficient (Wildman–Crippen LogP) is 3.66. The molecule has 1 heterocycles. The summed E-state index contributed by atoms with van der Waals surface area (Å²) in [7, 11) is 2.00. The third-order valence-electron chi connectivity index (χ3n) is 4.10. The highest BCUT2D eigenvalue weighted by atomic mass is 19.3. The lowest BCUT2D eigenvalue weighted by Gasteiger charge is -2.41. The maximum Gasteiger partial charge on any atom is 0.250 e. The number of nitrogens with one attached hydrogen (secondary N) is 1. The lowest BCUT2D eigenvalue weighted by molar-refractivity contribution is -0.0663. The highest BCUT2D eigenvalue weighted by Crippen LogP contribution is 2.31. The Labute approximate surface area is 116 Å². The molecular formula is C15H30F2N2. The number of rotatable bonds is 2. The highest BCUT2D eigenvalue weighted by molar-refractivity contribution is 4.87. The smallest absolute Gasteiger partial charge is 0.250 e. The van der Waals surface area contributed by atoms with Crippen LogP contribution in [0.5, 0.6) is 0 Å². The van der Waals surface area contributed by atoms with Gasteiger partial charge in [-0.3, -0.25) is 4.90 Å². The Kier molecular flexibility index (Phi) is 7.22. The van der Waals surface area contributed by atoms with Crippen molar-refractivity contribution in [2.24, 2.45) is 0 Å². The molecule has 2 nitrogen and oxygen atoms in total. The van der Waals surface area contributed by atoms with Gasteiger partial charge in [0.1, 0.15) is 0 Å². The molecule has 0 unspecified atom stereocenters. The summed E-state index contributed by atoms with van der Waals surface area (Å²) in [6, 6.07) is 1.11. The lowest BCUT2D eigenvalue weighted by Crippen LogP contribution is -2.48. The first kappa shape index (κ1) is 16.8. The van der Waals surface area contributed by atoms with E-state index in [9.17, 15) is 8.78 Å². The van der Waals surface area contributed by atoms with Crippen LogP contribution in [0.1, 0.15) is 58.8 Å². The third-order valence-corrected chi connectivity index (χ3v) is 4.10. The maximum atomic E-state index is 13.0. The Balaban J connectivity index is 0.000000550. The van der Waals surface area contributed by atoms with Crippen LogP contribution >= 0.6 is 0 Å². The van der Waals surface area contributed by atoms with Crippen LogP contribution in [-0.2, 0) is 0 Å². The molecule has 4 heteroatoms. The molecule has 1 saturated carbocycles. The van der Waals surface area contributed by atoms with Crippen molar-refractivity contribution in [2.45, 2.75) is 76.8 Å². The second-order valence-corrected chi connectivity index (χ2v) is 5.91. The number of halogens is 2. The zero-order chi connectivity index (χ0) is 14.3. The molecule has 114 valence electrons. The van der Waals surface area contributed by atoms with Gasteiger partial charge in [0.05, 0.1) is 0 Å². The Morgan fingerprint density at radius 3 is 2.26 bits per heavy atom. The average molecular weight is 276 g/mol. The van der Waals surface area contributed by atoms with Gasteiger partial charge in [-0.25, -0.2) is 8.78 Å². The van der Waals surface area contributed by atoms with E-state index in [0.29, 0.717) is 25.2 Å². The highest BCUT2D eigenvalue weighted by Gasteiger charge is 2.37. The van der Waals surface area contributed by atoms with E-state index in [1.165, 1.54) is 25.7 Å². The van der Waals surface area contributed by atoms with Crippen LogP contribution in [0.4, 0.5) is 8.78 Å². The van der Waals surface area contributed by atoms with E-state index in [-0.39, 0.29) is 12.8 Å². The Morgan fingerprint density at radius 1 is 1.16 bits per heavy atom. The molecule has 0 aromatic rings. The molecule has 1 saturated heterocycles. The van der Waals surface area contributed by atoms with E-state index < -0.39 is 5.92 Å². The molecule has 2 rings (SSSR count). The molecule has 0 bridgehead atoms. The predicted molar refractivity (Wildman–Crippen MR) is 76.8 cm³/mol. The second kappa shape index (κ2) is 8.15. The van der Waals surface area contributed by atoms with Gasteiger partial charge in [0.2, 0.25) is 0 Å². The maximum absolute atomic E-state index is 13.0. The van der Waals surface area contributed by atoms with Crippen molar-refractivity contribution in [1.82, 2.24) is 10.2 Å². The van der Waals surface area contributed by atoms with Gasteiger partial charge in [-0.1, -0.05) is 26.7 Å². The standard InChI is InChI=1S/C12H22F2N2.C3H8/c1-15-10-3-2-4-11(9-10)16-7-5-12(13,14)6-8-16;1-3-2/h10-11,15H,2-9H2,1H3;3H2,1-2H3/t10-,11-;/m0./s1. The summed E-state index contributed by atoms with van der Waals surface area (Å²) < 4.78 is 26.1. The van der Waals surface area contributed by atoms with Crippen LogP contribution in [0.3, 0.4) is 0 Å². The van der Waals surface area contributed by atoms with Crippen molar-refractivity contribution in [3.8, 4) is 0 Å². The fourth-order valence-corrected chi connectivity index (χ4v) is 2.97. The first-order valence-corrected chi connectivity index (χ1v) is 7.81. The Hall–Kier alpha value is -0.220. The molecule has 1 aliphatic carbocycles. The largest absolute Gasteiger partial charge is 0.317 e. The number of hydrogen-bond donors (Lipinski definition) is 1. The molecule has 0 aromatic heterocycles. The molecule has 1 N–H and O–H groups in total. The van der Waals surface area contributed by atoms with Crippen molar-refractivity contribution in [3.05, 3.63) is 0 Å². The van der Waals surface area contributed by atoms with E-state index in [2.05, 4.69) is 24.1 Å². The summed E-state index contributed by atoms with van der Waals surface area (Å²) in [6.45, 7) is 5.40. The zero-order valence-electron chi connectivity index (χ0n) is 12.7. The molecule has 2 fully saturated rings. The van der Waals surface area contributed by atoms with Crippen LogP contribution in [0, 0.1) is 0 Å². The third kappa shape index (κ3) is 5.74. The van der Waals surface area contributed by atoms with Crippen LogP contribution in [-0.4, -0.2) is 43.0 Å². The monoisotopic (exact) mass is 276 g/mol. The summed E-state index contributed by atoms with van der Waals surface area (Å²) in [5.74, 6) is -2.41. The Morgan fingerprint density at radius 2 is 1.74 bits per heavy atom. The lowest BCUT2D eigenvalue weighted by atomic mass is 9.89. The molecule has 2 atom stereocenters. The first-order chi connectivity index (χ1) is 9.02. The number of piperidine rings is 1.